The lowest BCUT2D eigenvalue weighted by Crippen LogP contribution is -2.61. The van der Waals surface area contributed by atoms with Gasteiger partial charge in [0.1, 0.15) is 0 Å². The molecule has 1 N–H and O–H groups in total. The highest BCUT2D eigenvalue weighted by Crippen LogP contribution is 2.58. The van der Waals surface area contributed by atoms with Gasteiger partial charge in [0.25, 0.3) is 0 Å². The van der Waals surface area contributed by atoms with Crippen molar-refractivity contribution in [3.05, 3.63) is 0 Å². The summed E-state index contributed by atoms with van der Waals surface area (Å²) in [5.74, 6) is 9.26. The lowest BCUT2D eigenvalue weighted by Gasteiger charge is -2.51. The molecule has 50 heavy (non-hydrogen) atoms. The van der Waals surface area contributed by atoms with Crippen LogP contribution >= 0.6 is 0 Å². The zero-order valence-corrected chi connectivity index (χ0v) is 32.6. The molecule has 7 aliphatic carbocycles. The molecule has 282 valence electrons. The van der Waals surface area contributed by atoms with Gasteiger partial charge in [-0.05, 0) is 156 Å². The zero-order chi connectivity index (χ0) is 33.0. The molecule has 0 aromatic rings. The molecule has 13 unspecified atom stereocenters. The van der Waals surface area contributed by atoms with E-state index < -0.39 is 0 Å². The first-order valence-electron chi connectivity index (χ1n) is 24.1. The average molecular weight is 686 g/mol. The molecule has 0 radical (unpaired) electrons. The predicted octanol–water partition coefficient (Wildman–Crippen LogP) is 11.5. The van der Waals surface area contributed by atoms with E-state index in [9.17, 15) is 0 Å². The second-order valence-corrected chi connectivity index (χ2v) is 21.1. The summed E-state index contributed by atoms with van der Waals surface area (Å²) in [5.41, 5.74) is 0. The second kappa shape index (κ2) is 15.2. The monoisotopic (exact) mass is 686 g/mol. The van der Waals surface area contributed by atoms with Gasteiger partial charge in [-0.2, -0.15) is 0 Å². The number of nitrogens with zero attached hydrogens (tertiary/aromatic N) is 2. The average Bonchev–Trinajstić information content (AvgIpc) is 3.71. The van der Waals surface area contributed by atoms with Crippen LogP contribution in [0.2, 0.25) is 0 Å². The van der Waals surface area contributed by atoms with Crippen molar-refractivity contribution in [3.8, 4) is 0 Å². The lowest BCUT2D eigenvalue weighted by molar-refractivity contribution is -0.00973. The first kappa shape index (κ1) is 34.4. The molecule has 10 aliphatic rings. The number of fused-ring (bicyclic) bond motifs is 6. The standard InChI is InChI=1S/C47H79N3/c1-4-14-32(15-5-1)36-29-42(33-16-6-2-7-17-33)48-47(31-36)50-44-23-13-11-21-39(44)41-28-34(25-27-45(41)50)35-24-26-40-38-20-10-12-22-43(38)49(46(40)30-35)37-18-8-3-9-19-37/h32-48H,1-31H2. The highest BCUT2D eigenvalue weighted by Gasteiger charge is 2.57. The van der Waals surface area contributed by atoms with E-state index in [2.05, 4.69) is 15.1 Å². The van der Waals surface area contributed by atoms with Crippen LogP contribution in [0.4, 0.5) is 0 Å². The van der Waals surface area contributed by atoms with Crippen LogP contribution in [0.5, 0.6) is 0 Å². The van der Waals surface area contributed by atoms with Gasteiger partial charge < -0.3 is 0 Å². The van der Waals surface area contributed by atoms with Crippen LogP contribution < -0.4 is 5.32 Å². The van der Waals surface area contributed by atoms with Crippen LogP contribution in [0.15, 0.2) is 0 Å². The molecule has 0 aromatic carbocycles. The smallest absolute Gasteiger partial charge is 0.0607 e. The predicted molar refractivity (Wildman–Crippen MR) is 208 cm³/mol. The Hall–Kier alpha value is -0.120. The molecule has 7 saturated carbocycles. The van der Waals surface area contributed by atoms with Gasteiger partial charge in [0.15, 0.2) is 0 Å². The summed E-state index contributed by atoms with van der Waals surface area (Å²) in [6.45, 7) is 0. The van der Waals surface area contributed by atoms with Gasteiger partial charge in [-0.1, -0.05) is 96.3 Å². The third kappa shape index (κ3) is 6.43. The SMILES string of the molecule is C1CCC(C2CC(C3CCCCC3)NC(N3C4CCCCC4C4CC(C5CCC6C7CCCCC7N(C7CCCCC7)C6C5)CCC43)C2)CC1. The first-order chi connectivity index (χ1) is 24.8. The van der Waals surface area contributed by atoms with E-state index in [0.717, 1.165) is 89.5 Å². The Kier molecular flexibility index (Phi) is 10.4. The van der Waals surface area contributed by atoms with Gasteiger partial charge in [-0.15, -0.1) is 0 Å². The molecule has 0 amide bonds. The summed E-state index contributed by atoms with van der Waals surface area (Å²) >= 11 is 0. The zero-order valence-electron chi connectivity index (χ0n) is 32.6. The van der Waals surface area contributed by atoms with Crippen LogP contribution in [-0.4, -0.2) is 52.2 Å². The van der Waals surface area contributed by atoms with Crippen LogP contribution in [-0.2, 0) is 0 Å². The maximum atomic E-state index is 4.58. The molecule has 3 saturated heterocycles. The fourth-order valence-corrected chi connectivity index (χ4v) is 17.0. The summed E-state index contributed by atoms with van der Waals surface area (Å²) in [5, 5.41) is 4.58. The Balaban J connectivity index is 0.869. The van der Waals surface area contributed by atoms with Gasteiger partial charge >= 0.3 is 0 Å². The Bertz CT molecular complexity index is 1080. The largest absolute Gasteiger partial charge is 0.299 e. The van der Waals surface area contributed by atoms with Crippen molar-refractivity contribution in [2.45, 2.75) is 241 Å². The summed E-state index contributed by atoms with van der Waals surface area (Å²) in [4.78, 5) is 6.62. The van der Waals surface area contributed by atoms with Gasteiger partial charge in [0.05, 0.1) is 6.17 Å². The third-order valence-corrected chi connectivity index (χ3v) is 19.1. The Morgan fingerprint density at radius 2 is 0.840 bits per heavy atom. The summed E-state index contributed by atoms with van der Waals surface area (Å²) in [7, 11) is 0. The summed E-state index contributed by atoms with van der Waals surface area (Å²) in [6.07, 6.45) is 48.4. The fraction of sp³-hybridized carbons (Fsp3) is 1.00. The van der Waals surface area contributed by atoms with Crippen molar-refractivity contribution in [2.75, 3.05) is 0 Å². The van der Waals surface area contributed by atoms with E-state index in [1.165, 1.54) is 128 Å². The number of hydrogen-bond donors (Lipinski definition) is 1. The minimum absolute atomic E-state index is 0.695. The molecule has 3 aliphatic heterocycles. The van der Waals surface area contributed by atoms with Gasteiger partial charge in [-0.3, -0.25) is 15.1 Å². The fourth-order valence-electron chi connectivity index (χ4n) is 17.0. The molecule has 0 aromatic heterocycles. The highest BCUT2D eigenvalue weighted by atomic mass is 15.3. The third-order valence-electron chi connectivity index (χ3n) is 19.1. The van der Waals surface area contributed by atoms with Crippen molar-refractivity contribution in [2.24, 2.45) is 53.3 Å². The van der Waals surface area contributed by atoms with Crippen molar-refractivity contribution >= 4 is 0 Å². The molecule has 3 nitrogen and oxygen atoms in total. The summed E-state index contributed by atoms with van der Waals surface area (Å²) < 4.78 is 0. The van der Waals surface area contributed by atoms with Crippen molar-refractivity contribution in [1.82, 2.24) is 15.1 Å². The molecule has 3 heterocycles. The lowest BCUT2D eigenvalue weighted by atomic mass is 9.62. The minimum Gasteiger partial charge on any atom is -0.299 e. The number of likely N-dealkylation sites (tertiary alicyclic amines) is 2. The van der Waals surface area contributed by atoms with Crippen molar-refractivity contribution in [1.29, 1.82) is 0 Å². The van der Waals surface area contributed by atoms with Crippen LogP contribution in [0.3, 0.4) is 0 Å². The van der Waals surface area contributed by atoms with E-state index in [1.807, 2.05) is 0 Å². The van der Waals surface area contributed by atoms with E-state index >= 15 is 0 Å². The molecule has 10 fully saturated rings. The van der Waals surface area contributed by atoms with E-state index in [1.54, 1.807) is 70.6 Å². The number of hydrogen-bond acceptors (Lipinski definition) is 3. The summed E-state index contributed by atoms with van der Waals surface area (Å²) in [6, 6.07) is 5.51. The Labute approximate surface area is 309 Å². The molecule has 3 heteroatoms. The molecular weight excluding hydrogens is 607 g/mol. The Morgan fingerprint density at radius 1 is 0.300 bits per heavy atom. The molecular formula is C47H79N3. The van der Waals surface area contributed by atoms with E-state index in [4.69, 9.17) is 0 Å². The van der Waals surface area contributed by atoms with Crippen LogP contribution in [0.25, 0.3) is 0 Å². The molecule has 13 atom stereocenters. The van der Waals surface area contributed by atoms with Gasteiger partial charge in [-0.25, -0.2) is 0 Å². The highest BCUT2D eigenvalue weighted by molar-refractivity contribution is 5.10. The van der Waals surface area contributed by atoms with Crippen LogP contribution in [0, 0.1) is 53.3 Å². The number of rotatable bonds is 5. The number of nitrogens with one attached hydrogen (secondary N) is 1. The molecule has 0 spiro atoms. The molecule has 0 bridgehead atoms. The number of piperidine rings is 1. The maximum Gasteiger partial charge on any atom is 0.0607 e. The second-order valence-electron chi connectivity index (χ2n) is 21.1. The normalized spacial score (nSPS) is 48.8. The van der Waals surface area contributed by atoms with E-state index in [0.29, 0.717) is 6.17 Å². The van der Waals surface area contributed by atoms with Gasteiger partial charge in [0, 0.05) is 36.3 Å². The van der Waals surface area contributed by atoms with Crippen LogP contribution in [0.1, 0.15) is 199 Å². The quantitative estimate of drug-likeness (QED) is 0.311. The Morgan fingerprint density at radius 3 is 1.58 bits per heavy atom. The van der Waals surface area contributed by atoms with Crippen molar-refractivity contribution in [3.63, 3.8) is 0 Å². The van der Waals surface area contributed by atoms with Crippen molar-refractivity contribution < 1.29 is 0 Å². The maximum absolute atomic E-state index is 4.58. The van der Waals surface area contributed by atoms with E-state index in [-0.39, 0.29) is 0 Å². The van der Waals surface area contributed by atoms with Gasteiger partial charge in [0.2, 0.25) is 0 Å². The molecule has 10 rings (SSSR count). The first-order valence-corrected chi connectivity index (χ1v) is 24.1. The minimum atomic E-state index is 0.695. The topological polar surface area (TPSA) is 18.5 Å².